The van der Waals surface area contributed by atoms with E-state index >= 15 is 0 Å². The minimum absolute atomic E-state index is 0.177. The van der Waals surface area contributed by atoms with Crippen molar-refractivity contribution in [1.29, 1.82) is 0 Å². The lowest BCUT2D eigenvalue weighted by atomic mass is 9.91. The van der Waals surface area contributed by atoms with Crippen molar-refractivity contribution in [3.05, 3.63) is 138 Å². The lowest BCUT2D eigenvalue weighted by Crippen LogP contribution is -2.30. The van der Waals surface area contributed by atoms with Crippen molar-refractivity contribution in [3.8, 4) is 22.8 Å². The van der Waals surface area contributed by atoms with E-state index in [4.69, 9.17) is 15.0 Å². The van der Waals surface area contributed by atoms with Crippen molar-refractivity contribution in [2.45, 2.75) is 12.0 Å². The molecule has 0 spiro atoms. The first-order valence-electron chi connectivity index (χ1n) is 13.6. The maximum Gasteiger partial charge on any atom is 0.238 e. The van der Waals surface area contributed by atoms with Crippen LogP contribution in [0, 0.1) is 0 Å². The van der Waals surface area contributed by atoms with Gasteiger partial charge in [0, 0.05) is 27.2 Å². The highest BCUT2D eigenvalue weighted by Gasteiger charge is 2.46. The van der Waals surface area contributed by atoms with Crippen LogP contribution in [0.25, 0.3) is 45.3 Å². The molecule has 3 aliphatic rings. The van der Waals surface area contributed by atoms with Gasteiger partial charge in [0.2, 0.25) is 5.95 Å². The minimum Gasteiger partial charge on any atom is -0.331 e. The molecule has 0 N–H and O–H groups in total. The van der Waals surface area contributed by atoms with Gasteiger partial charge >= 0.3 is 0 Å². The Bertz CT molecular complexity index is 2070. The summed E-state index contributed by atoms with van der Waals surface area (Å²) in [6.45, 7) is 0. The van der Waals surface area contributed by atoms with Gasteiger partial charge in [0.1, 0.15) is 0 Å². The number of hydrogen-bond acceptors (Lipinski definition) is 4. The number of anilines is 2. The fraction of sp³-hybridized carbons (Fsp3) is 0.0571. The molecule has 2 atom stereocenters. The maximum absolute atomic E-state index is 5.14. The average Bonchev–Trinajstić information content (AvgIpc) is 3.66. The molecule has 0 bridgehead atoms. The van der Waals surface area contributed by atoms with Crippen molar-refractivity contribution in [2.75, 3.05) is 4.90 Å². The molecular weight excluding hydrogens is 490 g/mol. The quantitative estimate of drug-likeness (QED) is 0.287. The van der Waals surface area contributed by atoms with Crippen LogP contribution in [0.4, 0.5) is 11.6 Å². The fourth-order valence-corrected chi connectivity index (χ4v) is 6.72. The van der Waals surface area contributed by atoms with E-state index in [0.29, 0.717) is 17.6 Å². The van der Waals surface area contributed by atoms with Crippen molar-refractivity contribution in [3.63, 3.8) is 0 Å². The van der Waals surface area contributed by atoms with Crippen LogP contribution < -0.4 is 15.6 Å². The van der Waals surface area contributed by atoms with Gasteiger partial charge in [0.25, 0.3) is 0 Å². The monoisotopic (exact) mass is 513 g/mol. The Morgan fingerprint density at radius 3 is 1.95 bits per heavy atom. The number of aromatic nitrogens is 4. The fourth-order valence-electron chi connectivity index (χ4n) is 6.72. The van der Waals surface area contributed by atoms with Crippen molar-refractivity contribution >= 4 is 34.2 Å². The zero-order chi connectivity index (χ0) is 26.2. The predicted octanol–water partition coefficient (Wildman–Crippen LogP) is 6.11. The first-order chi connectivity index (χ1) is 19.9. The molecule has 2 unspecified atom stereocenters. The normalized spacial score (nSPS) is 18.0. The molecule has 5 heterocycles. The van der Waals surface area contributed by atoms with Crippen LogP contribution in [-0.4, -0.2) is 19.5 Å². The van der Waals surface area contributed by atoms with Gasteiger partial charge in [-0.25, -0.2) is 4.98 Å². The average molecular weight is 514 g/mol. The third kappa shape index (κ3) is 2.89. The Hall–Kier alpha value is -5.29. The van der Waals surface area contributed by atoms with Crippen LogP contribution in [0.2, 0.25) is 0 Å². The second-order valence-electron chi connectivity index (χ2n) is 10.5. The van der Waals surface area contributed by atoms with E-state index in [9.17, 15) is 0 Å². The van der Waals surface area contributed by atoms with Crippen LogP contribution in [0.15, 0.2) is 121 Å². The Labute approximate surface area is 230 Å². The number of para-hydroxylation sites is 1. The van der Waals surface area contributed by atoms with Crippen LogP contribution in [0.1, 0.15) is 17.5 Å². The van der Waals surface area contributed by atoms with Gasteiger partial charge in [-0.2, -0.15) is 9.97 Å². The number of rotatable bonds is 3. The first kappa shape index (κ1) is 21.6. The molecule has 9 rings (SSSR count). The zero-order valence-electron chi connectivity index (χ0n) is 21.5. The second-order valence-corrected chi connectivity index (χ2v) is 10.5. The molecule has 0 fully saturated rings. The van der Waals surface area contributed by atoms with E-state index in [1.807, 2.05) is 36.4 Å². The highest BCUT2D eigenvalue weighted by Crippen LogP contribution is 2.54. The third-order valence-corrected chi connectivity index (χ3v) is 8.34. The first-order valence-corrected chi connectivity index (χ1v) is 13.6. The summed E-state index contributed by atoms with van der Waals surface area (Å²) in [6.07, 6.45) is 6.80. The lowest BCUT2D eigenvalue weighted by molar-refractivity contribution is 0.576. The lowest BCUT2D eigenvalue weighted by Gasteiger charge is -2.21. The van der Waals surface area contributed by atoms with Crippen LogP contribution >= 0.6 is 0 Å². The Kier molecular flexibility index (Phi) is 4.38. The Balaban J connectivity index is 1.39. The van der Waals surface area contributed by atoms with Crippen LogP contribution in [0.5, 0.6) is 0 Å². The zero-order valence-corrected chi connectivity index (χ0v) is 21.5. The standard InChI is InChI=1S/C35H23N5/c1-3-12-22(13-4-1)33-36-34(23-14-5-2-6-15-23)38-35(37-33)40-28-19-10-9-18-26(28)30-29-21-11-20-27-24-16-7-8-17-25(24)31(32(30)40)39(27)29/h1-21,29-30H. The number of benzene rings is 4. The van der Waals surface area contributed by atoms with Crippen LogP contribution in [-0.2, 0) is 0 Å². The van der Waals surface area contributed by atoms with Gasteiger partial charge in [-0.15, -0.1) is 0 Å². The number of fused-ring (bicyclic) bond motifs is 7. The van der Waals surface area contributed by atoms with Gasteiger partial charge in [-0.1, -0.05) is 115 Å². The van der Waals surface area contributed by atoms with E-state index in [-0.39, 0.29) is 12.0 Å². The van der Waals surface area contributed by atoms with Gasteiger partial charge in [0.15, 0.2) is 11.6 Å². The molecule has 40 heavy (non-hydrogen) atoms. The summed E-state index contributed by atoms with van der Waals surface area (Å²) in [5, 5.41) is 5.06. The molecule has 5 nitrogen and oxygen atoms in total. The van der Waals surface area contributed by atoms with Crippen LogP contribution in [0.3, 0.4) is 0 Å². The predicted molar refractivity (Wildman–Crippen MR) is 159 cm³/mol. The summed E-state index contributed by atoms with van der Waals surface area (Å²) in [4.78, 5) is 17.5. The van der Waals surface area contributed by atoms with Gasteiger partial charge < -0.3 is 4.57 Å². The van der Waals surface area contributed by atoms with E-state index in [0.717, 1.165) is 16.8 Å². The minimum atomic E-state index is 0.177. The molecule has 0 saturated carbocycles. The third-order valence-electron chi connectivity index (χ3n) is 8.34. The summed E-state index contributed by atoms with van der Waals surface area (Å²) < 4.78 is 2.52. The summed E-state index contributed by atoms with van der Waals surface area (Å²) in [5.41, 5.74) is 5.60. The summed E-state index contributed by atoms with van der Waals surface area (Å²) in [6, 6.07) is 38.0. The molecule has 0 aliphatic carbocycles. The topological polar surface area (TPSA) is 46.8 Å². The van der Waals surface area contributed by atoms with Gasteiger partial charge in [-0.3, -0.25) is 4.90 Å². The molecule has 0 saturated heterocycles. The number of allylic oxidation sites excluding steroid dienone is 2. The molecule has 0 radical (unpaired) electrons. The highest BCUT2D eigenvalue weighted by molar-refractivity contribution is 5.97. The molecule has 4 aromatic carbocycles. The number of hydrogen-bond donors (Lipinski definition) is 0. The largest absolute Gasteiger partial charge is 0.331 e. The Morgan fingerprint density at radius 2 is 1.23 bits per heavy atom. The molecule has 0 amide bonds. The molecule has 188 valence electrons. The van der Waals surface area contributed by atoms with Crippen molar-refractivity contribution in [1.82, 2.24) is 19.5 Å². The molecular formula is C35H23N5. The van der Waals surface area contributed by atoms with E-state index < -0.39 is 0 Å². The smallest absolute Gasteiger partial charge is 0.238 e. The van der Waals surface area contributed by atoms with E-state index in [1.54, 1.807) is 0 Å². The van der Waals surface area contributed by atoms with Gasteiger partial charge in [0.05, 0.1) is 28.7 Å². The Morgan fingerprint density at radius 1 is 0.600 bits per heavy atom. The molecule has 2 aromatic heterocycles. The number of nitrogens with zero attached hydrogens (tertiary/aromatic N) is 5. The molecule has 5 heteroatoms. The second kappa shape index (κ2) is 8.10. The van der Waals surface area contributed by atoms with E-state index in [1.165, 1.54) is 32.7 Å². The summed E-state index contributed by atoms with van der Waals surface area (Å²) in [5.74, 6) is 2.15. The molecule has 3 aliphatic heterocycles. The summed E-state index contributed by atoms with van der Waals surface area (Å²) >= 11 is 0. The maximum atomic E-state index is 5.14. The van der Waals surface area contributed by atoms with E-state index in [2.05, 4.69) is 100 Å². The molecule has 6 aromatic rings. The van der Waals surface area contributed by atoms with Crippen molar-refractivity contribution < 1.29 is 0 Å². The van der Waals surface area contributed by atoms with Crippen molar-refractivity contribution in [2.24, 2.45) is 0 Å². The summed E-state index contributed by atoms with van der Waals surface area (Å²) in [7, 11) is 0. The highest BCUT2D eigenvalue weighted by atomic mass is 15.3. The van der Waals surface area contributed by atoms with Gasteiger partial charge in [-0.05, 0) is 17.7 Å². The SMILES string of the molecule is C1=CC2C3C(=c4c5ccccc5c(n42)=C1)N(c1nc(-c2ccccc2)nc(-c2ccccc2)n1)c1ccccc13.